The Morgan fingerprint density at radius 2 is 1.36 bits per heavy atom. The zero-order valence-corrected chi connectivity index (χ0v) is 20.0. The molecule has 188 valence electrons. The average Bonchev–Trinajstić information content (AvgIpc) is 2.76. The summed E-state index contributed by atoms with van der Waals surface area (Å²) >= 11 is 0. The van der Waals surface area contributed by atoms with Gasteiger partial charge in [0.25, 0.3) is 41.5 Å². The van der Waals surface area contributed by atoms with Crippen molar-refractivity contribution in [1.82, 2.24) is 4.57 Å². The Hall–Kier alpha value is -3.41. The third-order valence-electron chi connectivity index (χ3n) is 5.75. The number of fused-ring (bicyclic) bond motifs is 2. The van der Waals surface area contributed by atoms with Gasteiger partial charge in [-0.15, -0.1) is 0 Å². The van der Waals surface area contributed by atoms with Crippen LogP contribution in [0.15, 0.2) is 60.2 Å². The Morgan fingerprint density at radius 3 is 1.97 bits per heavy atom. The van der Waals surface area contributed by atoms with Crippen LogP contribution in [0.1, 0.15) is 0 Å². The summed E-state index contributed by atoms with van der Waals surface area (Å²) in [5.74, 6) is -0.973. The molecule has 0 bridgehead atoms. The van der Waals surface area contributed by atoms with Gasteiger partial charge in [-0.1, -0.05) is 6.07 Å². The van der Waals surface area contributed by atoms with Gasteiger partial charge >= 0.3 is 0 Å². The van der Waals surface area contributed by atoms with Crippen LogP contribution in [0.4, 0.5) is 0 Å². The molecule has 3 aromatic carbocycles. The van der Waals surface area contributed by atoms with Gasteiger partial charge in [0, 0.05) is 28.1 Å². The fourth-order valence-electron chi connectivity index (χ4n) is 4.25. The van der Waals surface area contributed by atoms with Gasteiger partial charge in [-0.25, -0.2) is 0 Å². The largest absolute Gasteiger partial charge is 0.455 e. The number of aromatic nitrogens is 1. The van der Waals surface area contributed by atoms with E-state index in [4.69, 9.17) is 8.97 Å². The van der Waals surface area contributed by atoms with Gasteiger partial charge in [0.15, 0.2) is 5.58 Å². The summed E-state index contributed by atoms with van der Waals surface area (Å²) in [6.45, 7) is -0.737. The summed E-state index contributed by atoms with van der Waals surface area (Å²) in [7, 11) is -14.2. The normalized spacial score (nSPS) is 13.4. The molecule has 0 radical (unpaired) electrons. The van der Waals surface area contributed by atoms with Crippen LogP contribution in [-0.2, 0) is 36.9 Å². The van der Waals surface area contributed by atoms with Crippen molar-refractivity contribution in [3.63, 3.8) is 0 Å². The minimum absolute atomic E-state index is 0.0360. The highest BCUT2D eigenvalue weighted by Crippen LogP contribution is 2.40. The van der Waals surface area contributed by atoms with Crippen molar-refractivity contribution in [2.45, 2.75) is 16.3 Å². The molecule has 5 rings (SSSR count). The highest BCUT2D eigenvalue weighted by molar-refractivity contribution is 7.86. The Labute approximate surface area is 200 Å². The van der Waals surface area contributed by atoms with Gasteiger partial charge in [0.1, 0.15) is 10.5 Å². The van der Waals surface area contributed by atoms with Gasteiger partial charge in [-0.2, -0.15) is 25.3 Å². The van der Waals surface area contributed by atoms with Crippen LogP contribution < -0.4 is 11.1 Å². The SMILES string of the molecule is O=c1c2ccc3c4cc(S(=O)(=O)O)ccc4oc4c(S(=O)(=O)O)cc(c(=O)n1CCS(=O)(=O)O)c2c43. The van der Waals surface area contributed by atoms with E-state index in [0.717, 1.165) is 24.3 Å². The Kier molecular flexibility index (Phi) is 5.09. The van der Waals surface area contributed by atoms with Gasteiger partial charge in [0.2, 0.25) is 0 Å². The highest BCUT2D eigenvalue weighted by Gasteiger charge is 2.26. The minimum atomic E-state index is -5.02. The fourth-order valence-corrected chi connectivity index (χ4v) is 5.81. The third kappa shape index (κ3) is 3.74. The Bertz CT molecular complexity index is 2210. The molecule has 16 heteroatoms. The van der Waals surface area contributed by atoms with E-state index >= 15 is 0 Å². The molecule has 5 aromatic rings. The van der Waals surface area contributed by atoms with E-state index in [0.29, 0.717) is 4.57 Å². The average molecular weight is 556 g/mol. The second-order valence-electron chi connectivity index (χ2n) is 7.92. The monoisotopic (exact) mass is 555 g/mol. The molecular weight excluding hydrogens is 542 g/mol. The second kappa shape index (κ2) is 7.55. The van der Waals surface area contributed by atoms with E-state index in [9.17, 15) is 43.9 Å². The molecule has 0 aliphatic carbocycles. The van der Waals surface area contributed by atoms with Crippen LogP contribution in [0, 0.1) is 0 Å². The summed E-state index contributed by atoms with van der Waals surface area (Å²) in [5.41, 5.74) is -2.49. The van der Waals surface area contributed by atoms with Crippen LogP contribution in [0.3, 0.4) is 0 Å². The maximum absolute atomic E-state index is 13.2. The van der Waals surface area contributed by atoms with Crippen molar-refractivity contribution in [3.8, 4) is 0 Å². The lowest BCUT2D eigenvalue weighted by atomic mass is 9.96. The number of pyridine rings is 1. The number of benzene rings is 3. The summed E-state index contributed by atoms with van der Waals surface area (Å²) in [6, 6.07) is 6.59. The molecule has 0 atom stereocenters. The first kappa shape index (κ1) is 24.3. The number of rotatable bonds is 5. The van der Waals surface area contributed by atoms with Crippen molar-refractivity contribution in [2.24, 2.45) is 0 Å². The van der Waals surface area contributed by atoms with E-state index in [-0.39, 0.29) is 37.9 Å². The maximum atomic E-state index is 13.2. The molecule has 2 heterocycles. The number of hydrogen-bond acceptors (Lipinski definition) is 9. The maximum Gasteiger partial charge on any atom is 0.298 e. The second-order valence-corrected chi connectivity index (χ2v) is 12.3. The van der Waals surface area contributed by atoms with Gasteiger partial charge < -0.3 is 4.42 Å². The summed E-state index contributed by atoms with van der Waals surface area (Å²) in [6.07, 6.45) is 0. The number of nitrogens with zero attached hydrogens (tertiary/aromatic N) is 1. The highest BCUT2D eigenvalue weighted by atomic mass is 32.2. The van der Waals surface area contributed by atoms with Crippen LogP contribution in [0.5, 0.6) is 0 Å². The molecular formula is C20H13NO12S3. The lowest BCUT2D eigenvalue weighted by Crippen LogP contribution is -2.35. The van der Waals surface area contributed by atoms with Crippen molar-refractivity contribution < 1.29 is 43.3 Å². The first-order valence-electron chi connectivity index (χ1n) is 9.80. The Balaban J connectivity index is 2.05. The van der Waals surface area contributed by atoms with Crippen molar-refractivity contribution >= 4 is 73.8 Å². The standard InChI is InChI=1S/C20H13NO12S3/c22-19-11-3-2-10-12-7-9(35(27,28)29)1-4-14(12)33-18-15(36(30,31)32)8-13(16(11)17(10)18)20(23)21(19)5-6-34(24,25)26/h1-4,7-8H,5-6H2,(H,24,25,26)(H,27,28,29)(H,30,31,32). The molecule has 0 amide bonds. The van der Waals surface area contributed by atoms with E-state index < -0.39 is 69.1 Å². The molecule has 3 N–H and O–H groups in total. The molecule has 0 saturated carbocycles. The third-order valence-corrected chi connectivity index (χ3v) is 8.16. The van der Waals surface area contributed by atoms with Crippen LogP contribution in [-0.4, -0.2) is 49.2 Å². The predicted molar refractivity (Wildman–Crippen MR) is 126 cm³/mol. The van der Waals surface area contributed by atoms with Crippen molar-refractivity contribution in [1.29, 1.82) is 0 Å². The van der Waals surface area contributed by atoms with E-state index in [1.807, 2.05) is 0 Å². The van der Waals surface area contributed by atoms with Crippen LogP contribution in [0.25, 0.3) is 43.5 Å². The zero-order chi connectivity index (χ0) is 26.4. The molecule has 0 fully saturated rings. The van der Waals surface area contributed by atoms with Crippen LogP contribution in [0.2, 0.25) is 0 Å². The first-order valence-corrected chi connectivity index (χ1v) is 14.3. The van der Waals surface area contributed by atoms with E-state index in [1.54, 1.807) is 0 Å². The van der Waals surface area contributed by atoms with Crippen molar-refractivity contribution in [3.05, 3.63) is 57.1 Å². The lowest BCUT2D eigenvalue weighted by molar-refractivity contribution is 0.476. The first-order chi connectivity index (χ1) is 16.6. The molecule has 2 aromatic heterocycles. The molecule has 13 nitrogen and oxygen atoms in total. The molecule has 36 heavy (non-hydrogen) atoms. The van der Waals surface area contributed by atoms with Gasteiger partial charge in [-0.05, 0) is 35.7 Å². The number of hydrogen-bond donors (Lipinski definition) is 3. The molecule has 0 aliphatic heterocycles. The summed E-state index contributed by atoms with van der Waals surface area (Å²) in [4.78, 5) is 24.9. The van der Waals surface area contributed by atoms with E-state index in [2.05, 4.69) is 0 Å². The van der Waals surface area contributed by atoms with Gasteiger partial charge in [-0.3, -0.25) is 27.8 Å². The molecule has 0 spiro atoms. The quantitative estimate of drug-likeness (QED) is 0.159. The fraction of sp³-hybridized carbons (Fsp3) is 0.100. The van der Waals surface area contributed by atoms with E-state index in [1.165, 1.54) is 12.1 Å². The predicted octanol–water partition coefficient (Wildman–Crippen LogP) is 1.23. The van der Waals surface area contributed by atoms with Gasteiger partial charge in [0.05, 0.1) is 16.0 Å². The molecule has 0 aliphatic rings. The minimum Gasteiger partial charge on any atom is -0.455 e. The lowest BCUT2D eigenvalue weighted by Gasteiger charge is -2.15. The molecule has 0 unspecified atom stereocenters. The topological polar surface area (TPSA) is 215 Å². The smallest absolute Gasteiger partial charge is 0.298 e. The van der Waals surface area contributed by atoms with Crippen LogP contribution >= 0.6 is 0 Å². The zero-order valence-electron chi connectivity index (χ0n) is 17.6. The van der Waals surface area contributed by atoms with Crippen molar-refractivity contribution in [2.75, 3.05) is 5.75 Å². The summed E-state index contributed by atoms with van der Waals surface area (Å²) in [5, 5.41) is -0.485. The molecule has 0 saturated heterocycles. The Morgan fingerprint density at radius 1 is 0.722 bits per heavy atom. The summed E-state index contributed by atoms with van der Waals surface area (Å²) < 4.78 is 105.